The van der Waals surface area contributed by atoms with E-state index in [1.54, 1.807) is 0 Å². The van der Waals surface area contributed by atoms with E-state index in [1.165, 1.54) is 12.1 Å². The lowest BCUT2D eigenvalue weighted by Crippen LogP contribution is -2.40. The summed E-state index contributed by atoms with van der Waals surface area (Å²) >= 11 is 0. The summed E-state index contributed by atoms with van der Waals surface area (Å²) in [7, 11) is 0. The molecule has 0 bridgehead atoms. The fourth-order valence-electron chi connectivity index (χ4n) is 1.84. The molecule has 1 saturated heterocycles. The molecule has 86 valence electrons. The van der Waals surface area contributed by atoms with Gasteiger partial charge in [-0.1, -0.05) is 0 Å². The van der Waals surface area contributed by atoms with Crippen molar-refractivity contribution in [1.82, 2.24) is 4.90 Å². The van der Waals surface area contributed by atoms with Gasteiger partial charge in [0.25, 0.3) is 0 Å². The molecule has 1 aromatic rings. The SMILES string of the molecule is Cc1cc(F)cc(C(=N)N2CCOCC2)c1. The standard InChI is InChI=1S/C12H15FN2O/c1-9-6-10(8-11(13)7-9)12(14)15-2-4-16-5-3-15/h6-8,14H,2-5H2,1H3. The Morgan fingerprint density at radius 3 is 2.62 bits per heavy atom. The number of nitrogens with one attached hydrogen (secondary N) is 1. The average molecular weight is 222 g/mol. The van der Waals surface area contributed by atoms with Gasteiger partial charge in [0.15, 0.2) is 0 Å². The van der Waals surface area contributed by atoms with Crippen molar-refractivity contribution in [3.05, 3.63) is 35.1 Å². The monoisotopic (exact) mass is 222 g/mol. The van der Waals surface area contributed by atoms with Crippen LogP contribution in [0.1, 0.15) is 11.1 Å². The van der Waals surface area contributed by atoms with Gasteiger partial charge in [0.1, 0.15) is 11.7 Å². The third-order valence-electron chi connectivity index (χ3n) is 2.64. The number of ether oxygens (including phenoxy) is 1. The zero-order chi connectivity index (χ0) is 11.5. The van der Waals surface area contributed by atoms with Crippen LogP contribution in [0.15, 0.2) is 18.2 Å². The zero-order valence-electron chi connectivity index (χ0n) is 9.29. The minimum absolute atomic E-state index is 0.284. The van der Waals surface area contributed by atoms with E-state index in [2.05, 4.69) is 0 Å². The van der Waals surface area contributed by atoms with Gasteiger partial charge < -0.3 is 9.64 Å². The molecule has 1 heterocycles. The van der Waals surface area contributed by atoms with Gasteiger partial charge in [0.05, 0.1) is 13.2 Å². The highest BCUT2D eigenvalue weighted by Gasteiger charge is 2.15. The summed E-state index contributed by atoms with van der Waals surface area (Å²) in [5.74, 6) is 0.0962. The molecule has 3 nitrogen and oxygen atoms in total. The number of hydrogen-bond donors (Lipinski definition) is 1. The first-order chi connectivity index (χ1) is 7.66. The van der Waals surface area contributed by atoms with Crippen LogP contribution < -0.4 is 0 Å². The van der Waals surface area contributed by atoms with E-state index in [0.717, 1.165) is 5.56 Å². The number of morpholine rings is 1. The van der Waals surface area contributed by atoms with Crippen molar-refractivity contribution in [3.63, 3.8) is 0 Å². The maximum Gasteiger partial charge on any atom is 0.128 e. The fraction of sp³-hybridized carbons (Fsp3) is 0.417. The second-order valence-corrected chi connectivity index (χ2v) is 3.97. The maximum atomic E-state index is 13.2. The molecule has 0 aromatic heterocycles. The van der Waals surface area contributed by atoms with Crippen molar-refractivity contribution < 1.29 is 9.13 Å². The van der Waals surface area contributed by atoms with Gasteiger partial charge in [-0.15, -0.1) is 0 Å². The molecule has 2 rings (SSSR count). The highest BCUT2D eigenvalue weighted by Crippen LogP contribution is 2.12. The maximum absolute atomic E-state index is 13.2. The first kappa shape index (κ1) is 11.1. The second kappa shape index (κ2) is 4.61. The van der Waals surface area contributed by atoms with Crippen LogP contribution in [0.5, 0.6) is 0 Å². The number of hydrogen-bond acceptors (Lipinski definition) is 2. The van der Waals surface area contributed by atoms with Gasteiger partial charge >= 0.3 is 0 Å². The molecule has 1 N–H and O–H groups in total. The summed E-state index contributed by atoms with van der Waals surface area (Å²) in [5, 5.41) is 8.02. The first-order valence-corrected chi connectivity index (χ1v) is 5.35. The van der Waals surface area contributed by atoms with Crippen LogP contribution in [0.4, 0.5) is 4.39 Å². The Morgan fingerprint density at radius 1 is 1.31 bits per heavy atom. The van der Waals surface area contributed by atoms with E-state index >= 15 is 0 Å². The molecule has 0 spiro atoms. The number of aryl methyl sites for hydroxylation is 1. The minimum Gasteiger partial charge on any atom is -0.378 e. The minimum atomic E-state index is -0.284. The number of rotatable bonds is 1. The van der Waals surface area contributed by atoms with Gasteiger partial charge in [-0.05, 0) is 30.7 Å². The van der Waals surface area contributed by atoms with Crippen molar-refractivity contribution in [2.24, 2.45) is 0 Å². The van der Waals surface area contributed by atoms with E-state index in [1.807, 2.05) is 17.9 Å². The molecule has 0 atom stereocenters. The van der Waals surface area contributed by atoms with Crippen LogP contribution in [0.3, 0.4) is 0 Å². The van der Waals surface area contributed by atoms with Crippen LogP contribution >= 0.6 is 0 Å². The lowest BCUT2D eigenvalue weighted by molar-refractivity contribution is 0.0680. The normalized spacial score (nSPS) is 16.2. The summed E-state index contributed by atoms with van der Waals surface area (Å²) in [6, 6.07) is 4.71. The Balaban J connectivity index is 2.19. The zero-order valence-corrected chi connectivity index (χ0v) is 9.29. The Kier molecular flexibility index (Phi) is 3.19. The fourth-order valence-corrected chi connectivity index (χ4v) is 1.84. The van der Waals surface area contributed by atoms with Crippen LogP contribution in [-0.2, 0) is 4.74 Å². The number of halogens is 1. The molecule has 4 heteroatoms. The highest BCUT2D eigenvalue weighted by atomic mass is 19.1. The molecular weight excluding hydrogens is 207 g/mol. The van der Waals surface area contributed by atoms with Gasteiger partial charge in [-0.2, -0.15) is 0 Å². The first-order valence-electron chi connectivity index (χ1n) is 5.35. The topological polar surface area (TPSA) is 36.3 Å². The Hall–Kier alpha value is -1.42. The van der Waals surface area contributed by atoms with Crippen molar-refractivity contribution in [2.45, 2.75) is 6.92 Å². The average Bonchev–Trinajstić information content (AvgIpc) is 2.28. The van der Waals surface area contributed by atoms with Crippen molar-refractivity contribution in [1.29, 1.82) is 5.41 Å². The van der Waals surface area contributed by atoms with Crippen molar-refractivity contribution in [3.8, 4) is 0 Å². The molecule has 1 aromatic carbocycles. The largest absolute Gasteiger partial charge is 0.378 e. The van der Waals surface area contributed by atoms with Crippen LogP contribution in [-0.4, -0.2) is 37.0 Å². The molecule has 0 aliphatic carbocycles. The number of benzene rings is 1. The molecule has 16 heavy (non-hydrogen) atoms. The molecule has 1 fully saturated rings. The molecule has 1 aliphatic rings. The van der Waals surface area contributed by atoms with Crippen LogP contribution in [0.2, 0.25) is 0 Å². The quantitative estimate of drug-likeness (QED) is 0.581. The summed E-state index contributed by atoms with van der Waals surface area (Å²) < 4.78 is 18.4. The van der Waals surface area contributed by atoms with Gasteiger partial charge in [-0.3, -0.25) is 5.41 Å². The summed E-state index contributed by atoms with van der Waals surface area (Å²) in [5.41, 5.74) is 1.48. The van der Waals surface area contributed by atoms with E-state index in [-0.39, 0.29) is 5.82 Å². The lowest BCUT2D eigenvalue weighted by Gasteiger charge is -2.29. The summed E-state index contributed by atoms with van der Waals surface area (Å²) in [6.07, 6.45) is 0. The van der Waals surface area contributed by atoms with Gasteiger partial charge in [0.2, 0.25) is 0 Å². The summed E-state index contributed by atoms with van der Waals surface area (Å²) in [6.45, 7) is 4.51. The predicted molar refractivity (Wildman–Crippen MR) is 60.4 cm³/mol. The number of amidine groups is 1. The van der Waals surface area contributed by atoms with E-state index in [9.17, 15) is 4.39 Å². The Bertz CT molecular complexity index is 380. The molecule has 0 saturated carbocycles. The highest BCUT2D eigenvalue weighted by molar-refractivity contribution is 5.96. The van der Waals surface area contributed by atoms with Crippen LogP contribution in [0, 0.1) is 18.2 Å². The smallest absolute Gasteiger partial charge is 0.128 e. The van der Waals surface area contributed by atoms with Gasteiger partial charge in [0, 0.05) is 18.7 Å². The van der Waals surface area contributed by atoms with Gasteiger partial charge in [-0.25, -0.2) is 4.39 Å². The molecular formula is C12H15FN2O. The third kappa shape index (κ3) is 2.39. The number of nitrogens with zero attached hydrogens (tertiary/aromatic N) is 1. The summed E-state index contributed by atoms with van der Waals surface area (Å²) in [4.78, 5) is 1.91. The third-order valence-corrected chi connectivity index (χ3v) is 2.64. The Morgan fingerprint density at radius 2 is 2.00 bits per heavy atom. The second-order valence-electron chi connectivity index (χ2n) is 3.97. The van der Waals surface area contributed by atoms with Crippen LogP contribution in [0.25, 0.3) is 0 Å². The molecule has 0 radical (unpaired) electrons. The molecule has 0 unspecified atom stereocenters. The Labute approximate surface area is 94.3 Å². The van der Waals surface area contributed by atoms with E-state index in [0.29, 0.717) is 37.7 Å². The lowest BCUT2D eigenvalue weighted by atomic mass is 10.1. The molecule has 1 aliphatic heterocycles. The van der Waals surface area contributed by atoms with Crippen molar-refractivity contribution >= 4 is 5.84 Å². The van der Waals surface area contributed by atoms with E-state index in [4.69, 9.17) is 10.1 Å². The molecule has 0 amide bonds. The predicted octanol–water partition coefficient (Wildman–Crippen LogP) is 1.79. The van der Waals surface area contributed by atoms with E-state index < -0.39 is 0 Å². The van der Waals surface area contributed by atoms with Crippen molar-refractivity contribution in [2.75, 3.05) is 26.3 Å².